The number of hydrogen-bond donors (Lipinski definition) is 1. The number of hydrogen-bond acceptors (Lipinski definition) is 6. The minimum absolute atomic E-state index is 0.0249. The van der Waals surface area contributed by atoms with E-state index in [0.717, 1.165) is 5.01 Å². The number of benzene rings is 1. The van der Waals surface area contributed by atoms with Gasteiger partial charge in [0.15, 0.2) is 6.04 Å². The van der Waals surface area contributed by atoms with E-state index in [9.17, 15) is 31.6 Å². The molecule has 2 N–H and O–H groups in total. The average Bonchev–Trinajstić information content (AvgIpc) is 2.86. The molecule has 1 unspecified atom stereocenters. The van der Waals surface area contributed by atoms with Gasteiger partial charge < -0.3 is 5.73 Å². The third kappa shape index (κ3) is 3.23. The minimum atomic E-state index is -4.34. The summed E-state index contributed by atoms with van der Waals surface area (Å²) in [5.74, 6) is -3.30. The summed E-state index contributed by atoms with van der Waals surface area (Å²) in [5, 5.41) is 9.49. The largest absolute Gasteiger partial charge is 0.388 e. The number of alkyl halides is 6. The highest BCUT2D eigenvalue weighted by atomic mass is 79.9. The van der Waals surface area contributed by atoms with Crippen molar-refractivity contribution in [3.63, 3.8) is 0 Å². The van der Waals surface area contributed by atoms with Crippen LogP contribution in [0.2, 0.25) is 5.02 Å². The molecule has 0 aliphatic carbocycles. The standard InChI is InChI=1S/C13H6BrClF6N4OS/c14-9-8(3-22)25(27-11(16)17)24(10(9)23)7-2-5-4(1-6(7)15)12(18,19)26-13(5,20)21/h1-2,8,11H,23H2. The van der Waals surface area contributed by atoms with E-state index in [1.807, 2.05) is 0 Å². The van der Waals surface area contributed by atoms with Gasteiger partial charge in [0.25, 0.3) is 5.76 Å². The van der Waals surface area contributed by atoms with Gasteiger partial charge in [0, 0.05) is 11.9 Å². The van der Waals surface area contributed by atoms with Crippen LogP contribution in [0.3, 0.4) is 0 Å². The van der Waals surface area contributed by atoms with Crippen LogP contribution in [0, 0.1) is 11.3 Å². The van der Waals surface area contributed by atoms with Gasteiger partial charge in [-0.05, 0) is 28.1 Å². The summed E-state index contributed by atoms with van der Waals surface area (Å²) in [6, 6.07) is 1.48. The van der Waals surface area contributed by atoms with E-state index in [1.165, 1.54) is 0 Å². The highest BCUT2D eigenvalue weighted by Crippen LogP contribution is 2.54. The maximum Gasteiger partial charge on any atom is 0.388 e. The predicted octanol–water partition coefficient (Wildman–Crippen LogP) is 4.79. The Morgan fingerprint density at radius 2 is 1.81 bits per heavy atom. The van der Waals surface area contributed by atoms with Crippen LogP contribution < -0.4 is 10.7 Å². The molecule has 0 fully saturated rings. The number of hydrazine groups is 1. The third-order valence-corrected chi connectivity index (χ3v) is 5.53. The normalized spacial score (nSPS) is 23.9. The lowest BCUT2D eigenvalue weighted by molar-refractivity contribution is -0.369. The number of fused-ring (bicyclic) bond motifs is 1. The molecule has 27 heavy (non-hydrogen) atoms. The van der Waals surface area contributed by atoms with Crippen molar-refractivity contribution >= 4 is 45.2 Å². The molecule has 0 spiro atoms. The summed E-state index contributed by atoms with van der Waals surface area (Å²) in [6.07, 6.45) is -8.64. The van der Waals surface area contributed by atoms with E-state index >= 15 is 0 Å². The second-order valence-electron chi connectivity index (χ2n) is 5.23. The number of ether oxygens (including phenoxy) is 1. The Labute approximate surface area is 165 Å². The molecule has 0 amide bonds. The molecule has 1 atom stereocenters. The molecule has 0 radical (unpaired) electrons. The number of nitrogens with two attached hydrogens (primary N) is 1. The van der Waals surface area contributed by atoms with E-state index in [0.29, 0.717) is 16.5 Å². The molecule has 0 saturated heterocycles. The molecule has 0 aromatic heterocycles. The first-order valence-electron chi connectivity index (χ1n) is 6.80. The summed E-state index contributed by atoms with van der Waals surface area (Å²) in [5.41, 5.74) is 3.04. The Bertz CT molecular complexity index is 879. The monoisotopic (exact) mass is 494 g/mol. The fourth-order valence-corrected chi connectivity index (χ4v) is 4.12. The summed E-state index contributed by atoms with van der Waals surface area (Å²) in [6.45, 7) is 0. The zero-order chi connectivity index (χ0) is 20.3. The van der Waals surface area contributed by atoms with Crippen LogP contribution in [-0.4, -0.2) is 16.2 Å². The molecule has 146 valence electrons. The van der Waals surface area contributed by atoms with Crippen molar-refractivity contribution in [1.82, 2.24) is 4.41 Å². The third-order valence-electron chi connectivity index (χ3n) is 3.64. The molecule has 2 heterocycles. The van der Waals surface area contributed by atoms with Crippen molar-refractivity contribution in [2.75, 3.05) is 5.01 Å². The van der Waals surface area contributed by atoms with Crippen molar-refractivity contribution in [2.24, 2.45) is 5.73 Å². The number of anilines is 1. The number of halogens is 8. The van der Waals surface area contributed by atoms with Crippen molar-refractivity contribution in [2.45, 2.75) is 24.0 Å². The van der Waals surface area contributed by atoms with Gasteiger partial charge in [-0.15, -0.1) is 4.41 Å². The Morgan fingerprint density at radius 3 is 2.33 bits per heavy atom. The smallest absolute Gasteiger partial charge is 0.383 e. The SMILES string of the molecule is N#CC1C(Br)=C(N)N(c2cc3c(cc2Cl)C(F)(F)OC3(F)F)N1SC(F)F. The second kappa shape index (κ2) is 6.63. The molecule has 0 saturated carbocycles. The summed E-state index contributed by atoms with van der Waals surface area (Å²) in [4.78, 5) is 0. The molecule has 3 rings (SSSR count). The van der Waals surface area contributed by atoms with E-state index in [4.69, 9.17) is 17.3 Å². The second-order valence-corrected chi connectivity index (χ2v) is 7.43. The van der Waals surface area contributed by atoms with Crippen molar-refractivity contribution in [1.29, 1.82) is 5.26 Å². The van der Waals surface area contributed by atoms with Crippen molar-refractivity contribution < 1.29 is 31.1 Å². The lowest BCUT2D eigenvalue weighted by atomic mass is 10.1. The molecular weight excluding hydrogens is 490 g/mol. The molecule has 5 nitrogen and oxygen atoms in total. The summed E-state index contributed by atoms with van der Waals surface area (Å²) >= 11 is 8.79. The van der Waals surface area contributed by atoms with Gasteiger partial charge in [0.05, 0.1) is 32.4 Å². The first kappa shape index (κ1) is 20.4. The average molecular weight is 496 g/mol. The van der Waals surface area contributed by atoms with Crippen LogP contribution in [0.4, 0.5) is 32.0 Å². The lowest BCUT2D eigenvalue weighted by Crippen LogP contribution is -2.39. The molecular formula is C13H6BrClF6N4OS. The Balaban J connectivity index is 2.17. The summed E-state index contributed by atoms with van der Waals surface area (Å²) in [7, 11) is 0. The first-order valence-corrected chi connectivity index (χ1v) is 8.80. The Hall–Kier alpha value is -1.33. The Morgan fingerprint density at radius 1 is 1.26 bits per heavy atom. The first-order chi connectivity index (χ1) is 12.4. The van der Waals surface area contributed by atoms with Gasteiger partial charge in [-0.25, -0.2) is 9.75 Å². The van der Waals surface area contributed by atoms with E-state index in [1.54, 1.807) is 6.07 Å². The van der Waals surface area contributed by atoms with E-state index in [-0.39, 0.29) is 22.3 Å². The van der Waals surface area contributed by atoms with Gasteiger partial charge in [-0.1, -0.05) is 11.6 Å². The van der Waals surface area contributed by atoms with Gasteiger partial charge >= 0.3 is 12.2 Å². The van der Waals surface area contributed by atoms with Crippen LogP contribution in [0.15, 0.2) is 22.4 Å². The van der Waals surface area contributed by atoms with Crippen LogP contribution in [0.25, 0.3) is 0 Å². The molecule has 0 bridgehead atoms. The van der Waals surface area contributed by atoms with Gasteiger partial charge in [0.2, 0.25) is 0 Å². The van der Waals surface area contributed by atoms with Crippen molar-refractivity contribution in [3.05, 3.63) is 38.6 Å². The van der Waals surface area contributed by atoms with E-state index < -0.39 is 45.9 Å². The van der Waals surface area contributed by atoms with Crippen molar-refractivity contribution in [3.8, 4) is 6.07 Å². The highest BCUT2D eigenvalue weighted by molar-refractivity contribution is 9.11. The maximum atomic E-state index is 13.8. The zero-order valence-electron chi connectivity index (χ0n) is 12.6. The van der Waals surface area contributed by atoms with Crippen LogP contribution >= 0.6 is 39.5 Å². The molecule has 2 aliphatic rings. The number of rotatable bonds is 3. The van der Waals surface area contributed by atoms with Gasteiger partial charge in [0.1, 0.15) is 5.82 Å². The summed E-state index contributed by atoms with van der Waals surface area (Å²) < 4.78 is 85.0. The topological polar surface area (TPSA) is 65.5 Å². The molecule has 2 aliphatic heterocycles. The zero-order valence-corrected chi connectivity index (χ0v) is 15.7. The lowest BCUT2D eigenvalue weighted by Gasteiger charge is -2.31. The van der Waals surface area contributed by atoms with E-state index in [2.05, 4.69) is 20.7 Å². The van der Waals surface area contributed by atoms with Crippen LogP contribution in [0.5, 0.6) is 0 Å². The van der Waals surface area contributed by atoms with Crippen LogP contribution in [0.1, 0.15) is 11.1 Å². The fraction of sp³-hybridized carbons (Fsp3) is 0.308. The minimum Gasteiger partial charge on any atom is -0.383 e. The number of nitrogens with zero attached hydrogens (tertiary/aromatic N) is 3. The number of nitriles is 1. The molecule has 1 aromatic rings. The van der Waals surface area contributed by atoms with Gasteiger partial charge in [-0.3, -0.25) is 0 Å². The fourth-order valence-electron chi connectivity index (χ4n) is 2.57. The van der Waals surface area contributed by atoms with Gasteiger partial charge in [-0.2, -0.15) is 31.6 Å². The molecule has 14 heteroatoms. The highest BCUT2D eigenvalue weighted by Gasteiger charge is 2.58. The molecule has 1 aromatic carbocycles. The Kier molecular flexibility index (Phi) is 5.01. The maximum absolute atomic E-state index is 13.8. The predicted molar refractivity (Wildman–Crippen MR) is 87.8 cm³/mol. The quantitative estimate of drug-likeness (QED) is 0.481. The van der Waals surface area contributed by atoms with Crippen LogP contribution in [-0.2, 0) is 17.0 Å².